The molecule has 1 aromatic heterocycles. The summed E-state index contributed by atoms with van der Waals surface area (Å²) in [6.45, 7) is 0. The fourth-order valence-electron chi connectivity index (χ4n) is 2.37. The van der Waals surface area contributed by atoms with Crippen molar-refractivity contribution in [1.29, 1.82) is 0 Å². The molecule has 0 aliphatic carbocycles. The summed E-state index contributed by atoms with van der Waals surface area (Å²) in [6.07, 6.45) is 3.83. The number of H-pyrrole nitrogens is 1. The zero-order valence-corrected chi connectivity index (χ0v) is 13.2. The van der Waals surface area contributed by atoms with Gasteiger partial charge in [0.05, 0.1) is 23.9 Å². The Labute approximate surface area is 132 Å². The molecule has 0 atom stereocenters. The Bertz CT molecular complexity index is 826. The van der Waals surface area contributed by atoms with Gasteiger partial charge < -0.3 is 15.0 Å². The quantitative estimate of drug-likeness (QED) is 0.712. The number of para-hydroxylation sites is 1. The number of anilines is 1. The number of fused-ring (bicyclic) bond motifs is 1. The van der Waals surface area contributed by atoms with E-state index >= 15 is 0 Å². The third-order valence-electron chi connectivity index (χ3n) is 3.49. The highest BCUT2D eigenvalue weighted by Gasteiger charge is 2.13. The molecule has 1 heterocycles. The predicted octanol–water partition coefficient (Wildman–Crippen LogP) is 4.15. The van der Waals surface area contributed by atoms with Gasteiger partial charge in [-0.25, -0.2) is 0 Å². The van der Waals surface area contributed by atoms with Crippen LogP contribution >= 0.6 is 11.8 Å². The molecular formula is C17H16N2O2S. The van der Waals surface area contributed by atoms with Crippen LogP contribution in [0.5, 0.6) is 5.75 Å². The Morgan fingerprint density at radius 2 is 2.09 bits per heavy atom. The van der Waals surface area contributed by atoms with Gasteiger partial charge in [0.25, 0.3) is 5.91 Å². The SMILES string of the molecule is COc1cc(SC)ccc1NC(=O)c1cccc2cc[nH]c12. The molecule has 0 spiro atoms. The van der Waals surface area contributed by atoms with Crippen LogP contribution in [0.15, 0.2) is 53.6 Å². The molecular weight excluding hydrogens is 296 g/mol. The van der Waals surface area contributed by atoms with Crippen molar-refractivity contribution < 1.29 is 9.53 Å². The summed E-state index contributed by atoms with van der Waals surface area (Å²) in [5, 5.41) is 3.93. The highest BCUT2D eigenvalue weighted by molar-refractivity contribution is 7.98. The van der Waals surface area contributed by atoms with Crippen LogP contribution in [0.2, 0.25) is 0 Å². The first kappa shape index (κ1) is 14.5. The molecule has 0 aliphatic heterocycles. The van der Waals surface area contributed by atoms with Gasteiger partial charge in [-0.2, -0.15) is 0 Å². The Balaban J connectivity index is 1.93. The number of aromatic amines is 1. The first-order valence-electron chi connectivity index (χ1n) is 6.82. The Morgan fingerprint density at radius 1 is 1.23 bits per heavy atom. The van der Waals surface area contributed by atoms with Crippen LogP contribution < -0.4 is 10.1 Å². The lowest BCUT2D eigenvalue weighted by atomic mass is 10.1. The molecule has 0 saturated heterocycles. The zero-order chi connectivity index (χ0) is 15.5. The maximum Gasteiger partial charge on any atom is 0.257 e. The van der Waals surface area contributed by atoms with E-state index in [2.05, 4.69) is 10.3 Å². The number of ether oxygens (including phenoxy) is 1. The van der Waals surface area contributed by atoms with Crippen LogP contribution in [0.1, 0.15) is 10.4 Å². The minimum absolute atomic E-state index is 0.164. The van der Waals surface area contributed by atoms with Gasteiger partial charge >= 0.3 is 0 Å². The summed E-state index contributed by atoms with van der Waals surface area (Å²) < 4.78 is 5.36. The van der Waals surface area contributed by atoms with E-state index in [1.54, 1.807) is 24.9 Å². The number of thioether (sulfide) groups is 1. The van der Waals surface area contributed by atoms with Gasteiger partial charge in [-0.3, -0.25) is 4.79 Å². The molecule has 1 amide bonds. The molecule has 4 nitrogen and oxygen atoms in total. The first-order valence-corrected chi connectivity index (χ1v) is 8.05. The molecule has 2 aromatic carbocycles. The second-order valence-corrected chi connectivity index (χ2v) is 5.65. The molecule has 0 fully saturated rings. The predicted molar refractivity (Wildman–Crippen MR) is 91.0 cm³/mol. The standard InChI is InChI=1S/C17H16N2O2S/c1-21-15-10-12(22-2)6-7-14(15)19-17(20)13-5-3-4-11-8-9-18-16(11)13/h3-10,18H,1-2H3,(H,19,20). The summed E-state index contributed by atoms with van der Waals surface area (Å²) >= 11 is 1.63. The molecule has 0 aliphatic rings. The molecule has 22 heavy (non-hydrogen) atoms. The van der Waals surface area contributed by atoms with Crippen LogP contribution in [-0.2, 0) is 0 Å². The van der Waals surface area contributed by atoms with Crippen LogP contribution in [-0.4, -0.2) is 24.3 Å². The second kappa shape index (κ2) is 6.15. The summed E-state index contributed by atoms with van der Waals surface area (Å²) in [4.78, 5) is 16.7. The van der Waals surface area contributed by atoms with Crippen molar-refractivity contribution in [2.45, 2.75) is 4.90 Å². The number of methoxy groups -OCH3 is 1. The van der Waals surface area contributed by atoms with Crippen molar-refractivity contribution in [3.05, 3.63) is 54.2 Å². The maximum absolute atomic E-state index is 12.6. The number of aromatic nitrogens is 1. The number of nitrogens with one attached hydrogen (secondary N) is 2. The van der Waals surface area contributed by atoms with E-state index in [1.165, 1.54) is 0 Å². The maximum atomic E-state index is 12.6. The molecule has 3 aromatic rings. The Kier molecular flexibility index (Phi) is 4.06. The molecule has 2 N–H and O–H groups in total. The van der Waals surface area contributed by atoms with Crippen LogP contribution in [0.3, 0.4) is 0 Å². The molecule has 5 heteroatoms. The lowest BCUT2D eigenvalue weighted by molar-refractivity contribution is 0.102. The average Bonchev–Trinajstić information content (AvgIpc) is 3.03. The second-order valence-electron chi connectivity index (χ2n) is 4.77. The van der Waals surface area contributed by atoms with Crippen LogP contribution in [0.4, 0.5) is 5.69 Å². The summed E-state index contributed by atoms with van der Waals surface area (Å²) in [7, 11) is 1.60. The van der Waals surface area contributed by atoms with Gasteiger partial charge in [-0.1, -0.05) is 12.1 Å². The van der Waals surface area contributed by atoms with E-state index in [0.717, 1.165) is 15.8 Å². The molecule has 0 saturated carbocycles. The van der Waals surface area contributed by atoms with Crippen molar-refractivity contribution in [2.75, 3.05) is 18.7 Å². The number of carbonyl (C=O) groups is 1. The van der Waals surface area contributed by atoms with E-state index in [9.17, 15) is 4.79 Å². The minimum Gasteiger partial charge on any atom is -0.495 e. The fourth-order valence-corrected chi connectivity index (χ4v) is 2.79. The van der Waals surface area contributed by atoms with E-state index < -0.39 is 0 Å². The third-order valence-corrected chi connectivity index (χ3v) is 4.21. The number of hydrogen-bond donors (Lipinski definition) is 2. The van der Waals surface area contributed by atoms with E-state index in [1.807, 2.05) is 48.9 Å². The summed E-state index contributed by atoms with van der Waals surface area (Å²) in [5.41, 5.74) is 2.10. The van der Waals surface area contributed by atoms with E-state index in [0.29, 0.717) is 17.0 Å². The number of amides is 1. The van der Waals surface area contributed by atoms with Crippen molar-refractivity contribution in [1.82, 2.24) is 4.98 Å². The summed E-state index contributed by atoms with van der Waals surface area (Å²) in [5.74, 6) is 0.488. The molecule has 3 rings (SSSR count). The fraction of sp³-hybridized carbons (Fsp3) is 0.118. The van der Waals surface area contributed by atoms with Gasteiger partial charge in [0.1, 0.15) is 5.75 Å². The smallest absolute Gasteiger partial charge is 0.257 e. The van der Waals surface area contributed by atoms with Crippen molar-refractivity contribution in [3.63, 3.8) is 0 Å². The van der Waals surface area contributed by atoms with Gasteiger partial charge in [0.15, 0.2) is 0 Å². The topological polar surface area (TPSA) is 54.1 Å². The molecule has 0 unspecified atom stereocenters. The third kappa shape index (κ3) is 2.67. The zero-order valence-electron chi connectivity index (χ0n) is 12.3. The highest BCUT2D eigenvalue weighted by atomic mass is 32.2. The van der Waals surface area contributed by atoms with Crippen LogP contribution in [0.25, 0.3) is 10.9 Å². The molecule has 0 radical (unpaired) electrons. The van der Waals surface area contributed by atoms with Crippen molar-refractivity contribution in [3.8, 4) is 5.75 Å². The molecule has 112 valence electrons. The van der Waals surface area contributed by atoms with E-state index in [4.69, 9.17) is 4.74 Å². The average molecular weight is 312 g/mol. The Morgan fingerprint density at radius 3 is 2.86 bits per heavy atom. The normalized spacial score (nSPS) is 10.6. The van der Waals surface area contributed by atoms with E-state index in [-0.39, 0.29) is 5.91 Å². The van der Waals surface area contributed by atoms with Gasteiger partial charge in [0.2, 0.25) is 0 Å². The number of hydrogen-bond acceptors (Lipinski definition) is 3. The molecule has 0 bridgehead atoms. The monoisotopic (exact) mass is 312 g/mol. The number of rotatable bonds is 4. The largest absolute Gasteiger partial charge is 0.495 e. The highest BCUT2D eigenvalue weighted by Crippen LogP contribution is 2.30. The Hall–Kier alpha value is -2.40. The minimum atomic E-state index is -0.164. The van der Waals surface area contributed by atoms with Crippen LogP contribution in [0, 0.1) is 0 Å². The van der Waals surface area contributed by atoms with Gasteiger partial charge in [-0.15, -0.1) is 11.8 Å². The lowest BCUT2D eigenvalue weighted by Crippen LogP contribution is -2.13. The lowest BCUT2D eigenvalue weighted by Gasteiger charge is -2.11. The number of benzene rings is 2. The first-order chi connectivity index (χ1) is 10.7. The van der Waals surface area contributed by atoms with Gasteiger partial charge in [-0.05, 0) is 36.6 Å². The van der Waals surface area contributed by atoms with Crippen molar-refractivity contribution >= 4 is 34.3 Å². The summed E-state index contributed by atoms with van der Waals surface area (Å²) in [6, 6.07) is 13.3. The van der Waals surface area contributed by atoms with Crippen molar-refractivity contribution in [2.24, 2.45) is 0 Å². The number of carbonyl (C=O) groups excluding carboxylic acids is 1. The van der Waals surface area contributed by atoms with Gasteiger partial charge in [0, 0.05) is 16.5 Å².